The number of halogens is 1. The summed E-state index contributed by atoms with van der Waals surface area (Å²) in [6.07, 6.45) is 0. The Balaban J connectivity index is 1.64. The molecule has 0 saturated carbocycles. The fraction of sp³-hybridized carbons (Fsp3) is 0.0625. The number of ether oxygens (including phenoxy) is 1. The minimum Gasteiger partial charge on any atom is -0.452 e. The molecule has 0 spiro atoms. The lowest BCUT2D eigenvalue weighted by molar-refractivity contribution is 0.0430. The summed E-state index contributed by atoms with van der Waals surface area (Å²) in [4.78, 5) is 15.9. The fourth-order valence-corrected chi connectivity index (χ4v) is 1.81. The van der Waals surface area contributed by atoms with Crippen LogP contribution in [0.5, 0.6) is 0 Å². The van der Waals surface area contributed by atoms with E-state index in [2.05, 4.69) is 10.1 Å². The lowest BCUT2D eigenvalue weighted by atomic mass is 10.2. The highest BCUT2D eigenvalue weighted by Crippen LogP contribution is 2.15. The SMILES string of the molecule is O=C(OCc1nc(-c2ccccc2)no1)c1ccc(F)cc1. The van der Waals surface area contributed by atoms with Gasteiger partial charge in [0.2, 0.25) is 5.82 Å². The van der Waals surface area contributed by atoms with Crippen molar-refractivity contribution >= 4 is 5.97 Å². The van der Waals surface area contributed by atoms with Crippen molar-refractivity contribution in [3.8, 4) is 11.4 Å². The average Bonchev–Trinajstić information content (AvgIpc) is 3.03. The zero-order chi connectivity index (χ0) is 15.4. The maximum Gasteiger partial charge on any atom is 0.338 e. The van der Waals surface area contributed by atoms with Gasteiger partial charge in [-0.25, -0.2) is 9.18 Å². The van der Waals surface area contributed by atoms with Crippen molar-refractivity contribution in [3.05, 3.63) is 71.9 Å². The Hall–Kier alpha value is -3.02. The molecule has 22 heavy (non-hydrogen) atoms. The summed E-state index contributed by atoms with van der Waals surface area (Å²) in [5.41, 5.74) is 1.06. The lowest BCUT2D eigenvalue weighted by Gasteiger charge is -2.01. The molecule has 3 rings (SSSR count). The molecule has 0 bridgehead atoms. The van der Waals surface area contributed by atoms with Gasteiger partial charge in [-0.2, -0.15) is 4.98 Å². The predicted octanol–water partition coefficient (Wildman–Crippen LogP) is 3.23. The van der Waals surface area contributed by atoms with Gasteiger partial charge < -0.3 is 9.26 Å². The summed E-state index contributed by atoms with van der Waals surface area (Å²) >= 11 is 0. The van der Waals surface area contributed by atoms with Crippen LogP contribution in [-0.2, 0) is 11.3 Å². The van der Waals surface area contributed by atoms with Crippen LogP contribution in [0, 0.1) is 5.82 Å². The molecule has 0 aliphatic carbocycles. The van der Waals surface area contributed by atoms with Crippen molar-refractivity contribution in [3.63, 3.8) is 0 Å². The van der Waals surface area contributed by atoms with E-state index in [1.807, 2.05) is 30.3 Å². The van der Waals surface area contributed by atoms with Gasteiger partial charge in [0.05, 0.1) is 5.56 Å². The van der Waals surface area contributed by atoms with Gasteiger partial charge in [-0.1, -0.05) is 35.5 Å². The van der Waals surface area contributed by atoms with Gasteiger partial charge >= 0.3 is 5.97 Å². The normalized spacial score (nSPS) is 10.4. The van der Waals surface area contributed by atoms with Crippen molar-refractivity contribution in [1.82, 2.24) is 10.1 Å². The largest absolute Gasteiger partial charge is 0.452 e. The second-order valence-corrected chi connectivity index (χ2v) is 4.46. The Kier molecular flexibility index (Phi) is 3.91. The average molecular weight is 298 g/mol. The van der Waals surface area contributed by atoms with Crippen LogP contribution in [0.2, 0.25) is 0 Å². The fourth-order valence-electron chi connectivity index (χ4n) is 1.81. The van der Waals surface area contributed by atoms with Crippen LogP contribution in [0.15, 0.2) is 59.1 Å². The molecule has 0 fully saturated rings. The van der Waals surface area contributed by atoms with Crippen LogP contribution in [0.3, 0.4) is 0 Å². The molecule has 0 aliphatic heterocycles. The summed E-state index contributed by atoms with van der Waals surface area (Å²) in [7, 11) is 0. The molecule has 0 atom stereocenters. The molecule has 1 aromatic heterocycles. The number of aromatic nitrogens is 2. The van der Waals surface area contributed by atoms with Crippen molar-refractivity contribution < 1.29 is 18.4 Å². The lowest BCUT2D eigenvalue weighted by Crippen LogP contribution is -2.05. The topological polar surface area (TPSA) is 65.2 Å². The monoisotopic (exact) mass is 298 g/mol. The standard InChI is InChI=1S/C16H11FN2O3/c17-13-8-6-12(7-9-13)16(20)21-10-14-18-15(19-22-14)11-4-2-1-3-5-11/h1-9H,10H2. The predicted molar refractivity (Wildman–Crippen MR) is 75.3 cm³/mol. The number of carbonyl (C=O) groups is 1. The zero-order valence-electron chi connectivity index (χ0n) is 11.4. The third-order valence-corrected chi connectivity index (χ3v) is 2.91. The summed E-state index contributed by atoms with van der Waals surface area (Å²) in [5, 5.41) is 3.82. The Morgan fingerprint density at radius 2 is 1.82 bits per heavy atom. The second-order valence-electron chi connectivity index (χ2n) is 4.46. The van der Waals surface area contributed by atoms with E-state index in [9.17, 15) is 9.18 Å². The third kappa shape index (κ3) is 3.17. The number of rotatable bonds is 4. The molecule has 2 aromatic carbocycles. The van der Waals surface area contributed by atoms with E-state index in [1.165, 1.54) is 24.3 Å². The van der Waals surface area contributed by atoms with Gasteiger partial charge in [-0.15, -0.1) is 0 Å². The highest BCUT2D eigenvalue weighted by Gasteiger charge is 2.12. The molecule has 0 radical (unpaired) electrons. The van der Waals surface area contributed by atoms with Gasteiger partial charge in [0, 0.05) is 5.56 Å². The Labute approximate surface area is 125 Å². The van der Waals surface area contributed by atoms with E-state index >= 15 is 0 Å². The van der Waals surface area contributed by atoms with Crippen molar-refractivity contribution in [1.29, 1.82) is 0 Å². The van der Waals surface area contributed by atoms with E-state index in [4.69, 9.17) is 9.26 Å². The van der Waals surface area contributed by atoms with E-state index in [1.54, 1.807) is 0 Å². The van der Waals surface area contributed by atoms with Crippen LogP contribution in [0.1, 0.15) is 16.2 Å². The minimum absolute atomic E-state index is 0.143. The minimum atomic E-state index is -0.584. The van der Waals surface area contributed by atoms with Crippen molar-refractivity contribution in [2.45, 2.75) is 6.61 Å². The third-order valence-electron chi connectivity index (χ3n) is 2.91. The molecule has 0 N–H and O–H groups in total. The number of benzene rings is 2. The quantitative estimate of drug-likeness (QED) is 0.692. The Morgan fingerprint density at radius 1 is 1.09 bits per heavy atom. The van der Waals surface area contributed by atoms with E-state index in [-0.39, 0.29) is 18.1 Å². The molecule has 0 unspecified atom stereocenters. The molecular formula is C16H11FN2O3. The number of nitrogens with zero attached hydrogens (tertiary/aromatic N) is 2. The second kappa shape index (κ2) is 6.17. The number of hydrogen-bond donors (Lipinski definition) is 0. The van der Waals surface area contributed by atoms with E-state index < -0.39 is 11.8 Å². The van der Waals surface area contributed by atoms with Gasteiger partial charge in [0.25, 0.3) is 5.89 Å². The molecule has 0 saturated heterocycles. The van der Waals surface area contributed by atoms with Gasteiger partial charge in [-0.3, -0.25) is 0 Å². The molecule has 3 aromatic rings. The summed E-state index contributed by atoms with van der Waals surface area (Å²) in [5.74, 6) is -0.386. The van der Waals surface area contributed by atoms with Crippen molar-refractivity contribution in [2.75, 3.05) is 0 Å². The number of carbonyl (C=O) groups excluding carboxylic acids is 1. The van der Waals surface area contributed by atoms with Gasteiger partial charge in [-0.05, 0) is 24.3 Å². The first kappa shape index (κ1) is 13.9. The summed E-state index contributed by atoms with van der Waals surface area (Å²) in [6, 6.07) is 14.4. The zero-order valence-corrected chi connectivity index (χ0v) is 11.4. The summed E-state index contributed by atoms with van der Waals surface area (Å²) < 4.78 is 22.9. The Morgan fingerprint density at radius 3 is 2.55 bits per heavy atom. The van der Waals surface area contributed by atoms with Crippen LogP contribution in [0.25, 0.3) is 11.4 Å². The van der Waals surface area contributed by atoms with Crippen LogP contribution < -0.4 is 0 Å². The molecule has 6 heteroatoms. The first-order valence-corrected chi connectivity index (χ1v) is 6.53. The van der Waals surface area contributed by atoms with Crippen LogP contribution in [-0.4, -0.2) is 16.1 Å². The number of esters is 1. The highest BCUT2D eigenvalue weighted by molar-refractivity contribution is 5.89. The smallest absolute Gasteiger partial charge is 0.338 e. The van der Waals surface area contributed by atoms with Crippen LogP contribution >= 0.6 is 0 Å². The molecule has 1 heterocycles. The van der Waals surface area contributed by atoms with Gasteiger partial charge in [0.15, 0.2) is 6.61 Å². The van der Waals surface area contributed by atoms with Crippen molar-refractivity contribution in [2.24, 2.45) is 0 Å². The molecule has 0 aliphatic rings. The highest BCUT2D eigenvalue weighted by atomic mass is 19.1. The molecule has 5 nitrogen and oxygen atoms in total. The van der Waals surface area contributed by atoms with E-state index in [0.717, 1.165) is 5.56 Å². The molecule has 0 amide bonds. The van der Waals surface area contributed by atoms with E-state index in [0.29, 0.717) is 5.82 Å². The van der Waals surface area contributed by atoms with Crippen LogP contribution in [0.4, 0.5) is 4.39 Å². The number of hydrogen-bond acceptors (Lipinski definition) is 5. The van der Waals surface area contributed by atoms with Gasteiger partial charge in [0.1, 0.15) is 5.82 Å². The molecule has 110 valence electrons. The Bertz CT molecular complexity index is 770. The maximum absolute atomic E-state index is 12.8. The first-order valence-electron chi connectivity index (χ1n) is 6.53. The first-order chi connectivity index (χ1) is 10.7. The summed E-state index contributed by atoms with van der Waals surface area (Å²) in [6.45, 7) is -0.143. The maximum atomic E-state index is 12.8. The molecular weight excluding hydrogens is 287 g/mol.